The quantitative estimate of drug-likeness (QED) is 0.155. The largest absolute Gasteiger partial charge is 0.480 e. The zero-order valence-corrected chi connectivity index (χ0v) is 23.3. The minimum absolute atomic E-state index is 0.164. The summed E-state index contributed by atoms with van der Waals surface area (Å²) >= 11 is 0. The summed E-state index contributed by atoms with van der Waals surface area (Å²) in [6, 6.07) is 3.69. The number of hydrogen-bond donors (Lipinski definition) is 7. The summed E-state index contributed by atoms with van der Waals surface area (Å²) in [5, 5.41) is 18.5. The molecule has 0 spiro atoms. The lowest BCUT2D eigenvalue weighted by molar-refractivity contribution is -0.143. The van der Waals surface area contributed by atoms with Gasteiger partial charge in [0, 0.05) is 23.5 Å². The van der Waals surface area contributed by atoms with Gasteiger partial charge in [-0.2, -0.15) is 0 Å². The van der Waals surface area contributed by atoms with Crippen LogP contribution in [0.15, 0.2) is 30.5 Å². The van der Waals surface area contributed by atoms with E-state index in [0.717, 1.165) is 16.5 Å². The Bertz CT molecular complexity index is 1110. The van der Waals surface area contributed by atoms with E-state index in [4.69, 9.17) is 11.5 Å². The van der Waals surface area contributed by atoms with Crippen molar-refractivity contribution in [3.05, 3.63) is 36.0 Å². The normalized spacial score (nSPS) is 14.6. The number of carboxylic acid groups (broad SMARTS) is 1. The first kappa shape index (κ1) is 31.8. The molecule has 0 bridgehead atoms. The highest BCUT2D eigenvalue weighted by Gasteiger charge is 2.31. The van der Waals surface area contributed by atoms with Crippen molar-refractivity contribution in [2.24, 2.45) is 23.3 Å². The van der Waals surface area contributed by atoms with Gasteiger partial charge in [-0.1, -0.05) is 45.9 Å². The Kier molecular flexibility index (Phi) is 12.4. The Morgan fingerprint density at radius 2 is 1.56 bits per heavy atom. The van der Waals surface area contributed by atoms with Crippen LogP contribution in [0.4, 0.5) is 0 Å². The summed E-state index contributed by atoms with van der Waals surface area (Å²) < 4.78 is 0. The van der Waals surface area contributed by atoms with Crippen LogP contribution in [0.5, 0.6) is 0 Å². The third-order valence-electron chi connectivity index (χ3n) is 6.60. The second kappa shape index (κ2) is 15.2. The number of carboxylic acids is 1. The molecule has 0 radical (unpaired) electrons. The van der Waals surface area contributed by atoms with Crippen molar-refractivity contribution in [1.82, 2.24) is 20.9 Å². The summed E-state index contributed by atoms with van der Waals surface area (Å²) in [6.07, 6.45) is 3.84. The maximum Gasteiger partial charge on any atom is 0.326 e. The SMILES string of the molecule is CC(C)CC(N)C(=O)NC(Cc1c[nH]c2ccccc12)C(=O)NC(CCCCN)C(=O)NC(C(=O)O)C(C)C. The summed E-state index contributed by atoms with van der Waals surface area (Å²) in [7, 11) is 0. The van der Waals surface area contributed by atoms with Crippen LogP contribution in [0.2, 0.25) is 0 Å². The highest BCUT2D eigenvalue weighted by atomic mass is 16.4. The molecule has 1 aromatic carbocycles. The number of H-pyrrole nitrogens is 1. The van der Waals surface area contributed by atoms with E-state index in [1.807, 2.05) is 38.1 Å². The molecule has 0 aliphatic heterocycles. The molecule has 0 fully saturated rings. The lowest BCUT2D eigenvalue weighted by Crippen LogP contribution is -2.58. The molecule has 2 aromatic rings. The number of carbonyl (C=O) groups excluding carboxylic acids is 3. The monoisotopic (exact) mass is 544 g/mol. The number of carbonyl (C=O) groups is 4. The second-order valence-electron chi connectivity index (χ2n) is 10.8. The number of aliphatic carboxylic acids is 1. The number of para-hydroxylation sites is 1. The fourth-order valence-corrected chi connectivity index (χ4v) is 4.42. The lowest BCUT2D eigenvalue weighted by Gasteiger charge is -2.26. The Hall–Kier alpha value is -3.44. The minimum atomic E-state index is -1.16. The van der Waals surface area contributed by atoms with Gasteiger partial charge in [0.2, 0.25) is 17.7 Å². The van der Waals surface area contributed by atoms with Gasteiger partial charge in [-0.05, 0) is 55.7 Å². The van der Waals surface area contributed by atoms with Crippen molar-refractivity contribution in [2.75, 3.05) is 6.54 Å². The summed E-state index contributed by atoms with van der Waals surface area (Å²) in [6.45, 7) is 7.70. The van der Waals surface area contributed by atoms with E-state index in [-0.39, 0.29) is 24.7 Å². The average Bonchev–Trinajstić information content (AvgIpc) is 3.28. The van der Waals surface area contributed by atoms with E-state index in [9.17, 15) is 24.3 Å². The van der Waals surface area contributed by atoms with Gasteiger partial charge >= 0.3 is 5.97 Å². The molecule has 0 saturated carbocycles. The highest BCUT2D eigenvalue weighted by molar-refractivity contribution is 5.95. The van der Waals surface area contributed by atoms with Crippen molar-refractivity contribution in [3.63, 3.8) is 0 Å². The Morgan fingerprint density at radius 3 is 2.18 bits per heavy atom. The molecule has 1 aromatic heterocycles. The first-order valence-corrected chi connectivity index (χ1v) is 13.6. The Morgan fingerprint density at radius 1 is 0.923 bits per heavy atom. The third-order valence-corrected chi connectivity index (χ3v) is 6.60. The van der Waals surface area contributed by atoms with Gasteiger partial charge in [-0.25, -0.2) is 4.79 Å². The number of aromatic nitrogens is 1. The van der Waals surface area contributed by atoms with Crippen LogP contribution in [0.25, 0.3) is 10.9 Å². The van der Waals surface area contributed by atoms with Gasteiger partial charge < -0.3 is 37.5 Å². The van der Waals surface area contributed by atoms with Crippen LogP contribution < -0.4 is 27.4 Å². The van der Waals surface area contributed by atoms with Crippen molar-refractivity contribution < 1.29 is 24.3 Å². The number of rotatable bonds is 16. The van der Waals surface area contributed by atoms with Crippen LogP contribution >= 0.6 is 0 Å². The summed E-state index contributed by atoms with van der Waals surface area (Å²) in [4.78, 5) is 54.5. The van der Waals surface area contributed by atoms with E-state index in [2.05, 4.69) is 20.9 Å². The lowest BCUT2D eigenvalue weighted by atomic mass is 10.0. The third kappa shape index (κ3) is 9.67. The average molecular weight is 545 g/mol. The maximum atomic E-state index is 13.6. The fraction of sp³-hybridized carbons (Fsp3) is 0.571. The molecule has 0 aliphatic carbocycles. The predicted octanol–water partition coefficient (Wildman–Crippen LogP) is 1.41. The van der Waals surface area contributed by atoms with Crippen LogP contribution in [0, 0.1) is 11.8 Å². The summed E-state index contributed by atoms with van der Waals surface area (Å²) in [5.41, 5.74) is 13.4. The summed E-state index contributed by atoms with van der Waals surface area (Å²) in [5.74, 6) is -2.95. The smallest absolute Gasteiger partial charge is 0.326 e. The number of nitrogens with one attached hydrogen (secondary N) is 4. The van der Waals surface area contributed by atoms with E-state index in [1.54, 1.807) is 20.0 Å². The molecule has 4 atom stereocenters. The van der Waals surface area contributed by atoms with Gasteiger partial charge in [0.15, 0.2) is 0 Å². The zero-order valence-electron chi connectivity index (χ0n) is 23.3. The van der Waals surface area contributed by atoms with E-state index >= 15 is 0 Å². The van der Waals surface area contributed by atoms with Crippen LogP contribution in [0.3, 0.4) is 0 Å². The van der Waals surface area contributed by atoms with Gasteiger partial charge in [-0.3, -0.25) is 14.4 Å². The Balaban J connectivity index is 2.30. The minimum Gasteiger partial charge on any atom is -0.480 e. The van der Waals surface area contributed by atoms with Gasteiger partial charge in [0.1, 0.15) is 18.1 Å². The number of fused-ring (bicyclic) bond motifs is 1. The topological polar surface area (TPSA) is 192 Å². The molecule has 11 nitrogen and oxygen atoms in total. The number of unbranched alkanes of at least 4 members (excludes halogenated alkanes) is 1. The maximum absolute atomic E-state index is 13.6. The molecule has 0 saturated heterocycles. The zero-order chi connectivity index (χ0) is 29.1. The van der Waals surface area contributed by atoms with Crippen LogP contribution in [-0.2, 0) is 25.6 Å². The number of benzene rings is 1. The van der Waals surface area contributed by atoms with Crippen LogP contribution in [0.1, 0.15) is 58.9 Å². The van der Waals surface area contributed by atoms with E-state index in [0.29, 0.717) is 25.8 Å². The second-order valence-corrected chi connectivity index (χ2v) is 10.8. The Labute approximate surface area is 229 Å². The molecule has 39 heavy (non-hydrogen) atoms. The predicted molar refractivity (Wildman–Crippen MR) is 151 cm³/mol. The molecule has 216 valence electrons. The number of aromatic amines is 1. The van der Waals surface area contributed by atoms with Gasteiger partial charge in [-0.15, -0.1) is 0 Å². The van der Waals surface area contributed by atoms with Crippen molar-refractivity contribution in [3.8, 4) is 0 Å². The molecular weight excluding hydrogens is 500 g/mol. The van der Waals surface area contributed by atoms with Gasteiger partial charge in [0.05, 0.1) is 6.04 Å². The molecule has 3 amide bonds. The molecule has 4 unspecified atom stereocenters. The number of nitrogens with two attached hydrogens (primary N) is 2. The fourth-order valence-electron chi connectivity index (χ4n) is 4.42. The molecule has 0 aliphatic rings. The first-order chi connectivity index (χ1) is 18.4. The molecule has 1 heterocycles. The van der Waals surface area contributed by atoms with Crippen molar-refractivity contribution in [1.29, 1.82) is 0 Å². The number of hydrogen-bond acceptors (Lipinski definition) is 6. The van der Waals surface area contributed by atoms with Crippen LogP contribution in [-0.4, -0.2) is 64.5 Å². The molecular formula is C28H44N6O5. The highest BCUT2D eigenvalue weighted by Crippen LogP contribution is 2.19. The van der Waals surface area contributed by atoms with Crippen molar-refractivity contribution in [2.45, 2.75) is 84.0 Å². The standard InChI is InChI=1S/C28H44N6O5/c1-16(2)13-20(30)25(35)33-23(14-18-15-31-21-10-6-5-9-19(18)21)27(37)32-22(11-7-8-12-29)26(36)34-24(17(3)4)28(38)39/h5-6,9-10,15-17,20,22-24,31H,7-8,11-14,29-30H2,1-4H3,(H,32,37)(H,33,35)(H,34,36)(H,38,39). The van der Waals surface area contributed by atoms with Crippen molar-refractivity contribution >= 4 is 34.6 Å². The molecule has 11 heteroatoms. The van der Waals surface area contributed by atoms with E-state index < -0.39 is 47.9 Å². The van der Waals surface area contributed by atoms with E-state index in [1.165, 1.54) is 0 Å². The molecule has 2 rings (SSSR count). The molecule has 9 N–H and O–H groups in total. The number of amides is 3. The first-order valence-electron chi connectivity index (χ1n) is 13.6. The van der Waals surface area contributed by atoms with Gasteiger partial charge in [0.25, 0.3) is 0 Å².